The molecule has 3 N–H and O–H groups in total. The summed E-state index contributed by atoms with van der Waals surface area (Å²) in [7, 11) is 0. The van der Waals surface area contributed by atoms with E-state index in [-0.39, 0.29) is 16.1 Å². The Hall–Kier alpha value is -1.66. The number of quaternary nitrogens is 1. The normalized spacial score (nSPS) is 17.9. The molecule has 1 fully saturated rings. The van der Waals surface area contributed by atoms with Gasteiger partial charge in [0, 0.05) is 5.56 Å². The second-order valence-corrected chi connectivity index (χ2v) is 4.70. The fraction of sp³-hybridized carbons (Fsp3) is 0.167. The first-order valence-corrected chi connectivity index (χ1v) is 6.24. The van der Waals surface area contributed by atoms with Crippen LogP contribution in [0.3, 0.4) is 0 Å². The van der Waals surface area contributed by atoms with Crippen molar-refractivity contribution in [2.45, 2.75) is 0 Å². The summed E-state index contributed by atoms with van der Waals surface area (Å²) in [6.45, 7) is 0.754. The summed E-state index contributed by atoms with van der Waals surface area (Å²) in [6.07, 6.45) is 1.41. The number of amides is 2. The maximum Gasteiger partial charge on any atom is 0.293 e. The molecule has 6 heteroatoms. The van der Waals surface area contributed by atoms with E-state index in [1.807, 2.05) is 0 Å². The summed E-state index contributed by atoms with van der Waals surface area (Å²) in [6, 6.07) is 6.12. The van der Waals surface area contributed by atoms with E-state index in [0.29, 0.717) is 18.7 Å². The summed E-state index contributed by atoms with van der Waals surface area (Å²) < 4.78 is 13.4. The Kier molecular flexibility index (Phi) is 3.78. The van der Waals surface area contributed by atoms with Gasteiger partial charge in [0.05, 0.1) is 18.0 Å². The van der Waals surface area contributed by atoms with Gasteiger partial charge in [-0.15, -0.1) is 0 Å². The van der Waals surface area contributed by atoms with Crippen LogP contribution in [0.15, 0.2) is 29.2 Å². The second kappa shape index (κ2) is 5.32. The van der Waals surface area contributed by atoms with E-state index in [2.05, 4.69) is 5.73 Å². The van der Waals surface area contributed by atoms with Crippen molar-refractivity contribution >= 4 is 29.0 Å². The molecule has 2 rings (SSSR count). The molecular formula is C12H12FN2O2S+. The Balaban J connectivity index is 2.28. The standard InChI is InChI=1S/C12H11FN2O2S/c13-9-4-2-1-3-8(9)7-10-11(16)15(6-5-14)12(17)18-10/h1-4,7H,5-6,14H2/p+1/b10-7+. The minimum Gasteiger partial charge on any atom is -0.356 e. The molecule has 0 saturated carbocycles. The van der Waals surface area contributed by atoms with E-state index in [4.69, 9.17) is 0 Å². The lowest BCUT2D eigenvalue weighted by molar-refractivity contribution is -0.367. The van der Waals surface area contributed by atoms with Crippen molar-refractivity contribution in [3.8, 4) is 0 Å². The van der Waals surface area contributed by atoms with E-state index < -0.39 is 5.82 Å². The van der Waals surface area contributed by atoms with Crippen molar-refractivity contribution in [3.63, 3.8) is 0 Å². The fourth-order valence-electron chi connectivity index (χ4n) is 1.58. The van der Waals surface area contributed by atoms with Crippen LogP contribution in [0.2, 0.25) is 0 Å². The number of imide groups is 1. The van der Waals surface area contributed by atoms with E-state index in [0.717, 1.165) is 16.7 Å². The van der Waals surface area contributed by atoms with Crippen LogP contribution < -0.4 is 5.73 Å². The average molecular weight is 267 g/mol. The number of hydrogen-bond acceptors (Lipinski definition) is 3. The molecule has 4 nitrogen and oxygen atoms in total. The lowest BCUT2D eigenvalue weighted by Crippen LogP contribution is -2.55. The van der Waals surface area contributed by atoms with Crippen LogP contribution in [-0.2, 0) is 4.79 Å². The van der Waals surface area contributed by atoms with Gasteiger partial charge in [-0.3, -0.25) is 14.5 Å². The highest BCUT2D eigenvalue weighted by atomic mass is 32.2. The third-order valence-corrected chi connectivity index (χ3v) is 3.35. The zero-order valence-corrected chi connectivity index (χ0v) is 10.4. The van der Waals surface area contributed by atoms with Gasteiger partial charge in [0.25, 0.3) is 11.1 Å². The van der Waals surface area contributed by atoms with Crippen LogP contribution >= 0.6 is 11.8 Å². The molecule has 0 radical (unpaired) electrons. The van der Waals surface area contributed by atoms with Gasteiger partial charge in [-0.2, -0.15) is 0 Å². The summed E-state index contributed by atoms with van der Waals surface area (Å²) in [5, 5.41) is -0.328. The maximum absolute atomic E-state index is 13.4. The third-order valence-electron chi connectivity index (χ3n) is 2.45. The molecule has 1 saturated heterocycles. The average Bonchev–Trinajstić information content (AvgIpc) is 2.60. The number of hydrogen-bond donors (Lipinski definition) is 1. The summed E-state index contributed by atoms with van der Waals surface area (Å²) in [4.78, 5) is 24.8. The zero-order chi connectivity index (χ0) is 13.1. The Labute approximate surface area is 108 Å². The van der Waals surface area contributed by atoms with Crippen LogP contribution in [0, 0.1) is 5.82 Å². The Morgan fingerprint density at radius 1 is 1.33 bits per heavy atom. The molecule has 94 valence electrons. The van der Waals surface area contributed by atoms with Gasteiger partial charge >= 0.3 is 0 Å². The third kappa shape index (κ3) is 2.44. The second-order valence-electron chi connectivity index (χ2n) is 3.71. The lowest BCUT2D eigenvalue weighted by atomic mass is 10.2. The minimum absolute atomic E-state index is 0.249. The molecule has 1 aliphatic rings. The van der Waals surface area contributed by atoms with Crippen molar-refractivity contribution in [3.05, 3.63) is 40.6 Å². The number of halogens is 1. The molecule has 0 unspecified atom stereocenters. The first kappa shape index (κ1) is 12.8. The predicted molar refractivity (Wildman–Crippen MR) is 66.8 cm³/mol. The first-order chi connectivity index (χ1) is 8.63. The summed E-state index contributed by atoms with van der Waals surface area (Å²) in [5.74, 6) is -0.793. The topological polar surface area (TPSA) is 65.0 Å². The Morgan fingerprint density at radius 3 is 2.72 bits per heavy atom. The number of carbonyl (C=O) groups excluding carboxylic acids is 2. The summed E-state index contributed by atoms with van der Waals surface area (Å²) in [5.41, 5.74) is 3.91. The van der Waals surface area contributed by atoms with Gasteiger partial charge in [-0.1, -0.05) is 18.2 Å². The fourth-order valence-corrected chi connectivity index (χ4v) is 2.44. The van der Waals surface area contributed by atoms with Crippen molar-refractivity contribution in [1.29, 1.82) is 0 Å². The molecule has 1 aliphatic heterocycles. The number of thioether (sulfide) groups is 1. The summed E-state index contributed by atoms with van der Waals surface area (Å²) >= 11 is 0.829. The Morgan fingerprint density at radius 2 is 2.06 bits per heavy atom. The molecule has 0 aliphatic carbocycles. The molecule has 0 bridgehead atoms. The maximum atomic E-state index is 13.4. The van der Waals surface area contributed by atoms with E-state index >= 15 is 0 Å². The number of nitrogens with zero attached hydrogens (tertiary/aromatic N) is 1. The van der Waals surface area contributed by atoms with Gasteiger partial charge in [-0.05, 0) is 23.9 Å². The highest BCUT2D eigenvalue weighted by molar-refractivity contribution is 8.18. The first-order valence-electron chi connectivity index (χ1n) is 5.42. The molecule has 1 aromatic rings. The molecule has 1 aromatic carbocycles. The van der Waals surface area contributed by atoms with Gasteiger partial charge in [0.1, 0.15) is 5.82 Å². The zero-order valence-electron chi connectivity index (χ0n) is 9.56. The van der Waals surface area contributed by atoms with Crippen LogP contribution in [0.4, 0.5) is 9.18 Å². The largest absolute Gasteiger partial charge is 0.356 e. The van der Waals surface area contributed by atoms with Crippen molar-refractivity contribution in [2.24, 2.45) is 0 Å². The minimum atomic E-state index is -0.415. The molecule has 18 heavy (non-hydrogen) atoms. The van der Waals surface area contributed by atoms with E-state index in [1.54, 1.807) is 18.2 Å². The van der Waals surface area contributed by atoms with Crippen molar-refractivity contribution < 1.29 is 19.7 Å². The number of carbonyl (C=O) groups is 2. The monoisotopic (exact) mass is 267 g/mol. The van der Waals surface area contributed by atoms with Gasteiger partial charge in [0.15, 0.2) is 0 Å². The molecule has 0 aromatic heterocycles. The molecule has 1 heterocycles. The molecule has 0 atom stereocenters. The van der Waals surface area contributed by atoms with Crippen LogP contribution in [0.1, 0.15) is 5.56 Å². The van der Waals surface area contributed by atoms with Gasteiger partial charge in [-0.25, -0.2) is 4.39 Å². The van der Waals surface area contributed by atoms with Crippen LogP contribution in [0.5, 0.6) is 0 Å². The number of benzene rings is 1. The molecular weight excluding hydrogens is 255 g/mol. The van der Waals surface area contributed by atoms with Gasteiger partial charge < -0.3 is 5.73 Å². The molecule has 0 spiro atoms. The smallest absolute Gasteiger partial charge is 0.293 e. The van der Waals surface area contributed by atoms with Crippen LogP contribution in [0.25, 0.3) is 6.08 Å². The highest BCUT2D eigenvalue weighted by Crippen LogP contribution is 2.32. The molecule has 2 amide bonds. The van der Waals surface area contributed by atoms with Gasteiger partial charge in [0.2, 0.25) is 0 Å². The quantitative estimate of drug-likeness (QED) is 0.834. The van der Waals surface area contributed by atoms with E-state index in [9.17, 15) is 14.0 Å². The lowest BCUT2D eigenvalue weighted by Gasteiger charge is -2.08. The van der Waals surface area contributed by atoms with Crippen molar-refractivity contribution in [2.75, 3.05) is 13.1 Å². The van der Waals surface area contributed by atoms with E-state index in [1.165, 1.54) is 12.1 Å². The van der Waals surface area contributed by atoms with Crippen LogP contribution in [-0.4, -0.2) is 29.1 Å². The van der Waals surface area contributed by atoms with Crippen molar-refractivity contribution in [1.82, 2.24) is 4.90 Å². The SMILES string of the molecule is [NH3+]CCN1C(=O)S/C(=C/c2ccccc2F)C1=O. The Bertz CT molecular complexity index is 531. The highest BCUT2D eigenvalue weighted by Gasteiger charge is 2.34. The number of rotatable bonds is 3. The predicted octanol–water partition coefficient (Wildman–Crippen LogP) is 1.10.